The summed E-state index contributed by atoms with van der Waals surface area (Å²) < 4.78 is 79.6. The number of rotatable bonds is 4. The van der Waals surface area contributed by atoms with Crippen molar-refractivity contribution in [2.45, 2.75) is 32.0 Å². The molecule has 0 aliphatic heterocycles. The molecule has 204 valence electrons. The van der Waals surface area contributed by atoms with Gasteiger partial charge in [-0.15, -0.1) is 0 Å². The van der Waals surface area contributed by atoms with Crippen LogP contribution in [0.2, 0.25) is 19.6 Å². The second-order valence-electron chi connectivity index (χ2n) is 10.8. The summed E-state index contributed by atoms with van der Waals surface area (Å²) in [5, 5.41) is 2.30. The Morgan fingerprint density at radius 3 is 1.50 bits per heavy atom. The van der Waals surface area contributed by atoms with Gasteiger partial charge in [0.25, 0.3) is 0 Å². The van der Waals surface area contributed by atoms with E-state index >= 15 is 0 Å². The monoisotopic (exact) mass is 565 g/mol. The molecule has 5 aromatic rings. The summed E-state index contributed by atoms with van der Waals surface area (Å²) in [6.07, 6.45) is -8.09. The van der Waals surface area contributed by atoms with Crippen LogP contribution in [0.1, 0.15) is 11.1 Å². The zero-order valence-electron chi connectivity index (χ0n) is 22.0. The molecule has 0 atom stereocenters. The standard InChI is InChI=1S/C32H25F6NSi/c1-40(2,3)29-12-10-20(11-13-29)23-8-9-24-14-26(19-39-30(24)17-23)22-6-4-21(5-7-22)25-15-27(31(33,34)35)18-28(16-25)32(36,37)38/h4-19H,1-3H3. The zero-order valence-corrected chi connectivity index (χ0v) is 23.0. The van der Waals surface area contributed by atoms with Gasteiger partial charge in [-0.2, -0.15) is 26.3 Å². The Hall–Kier alpha value is -3.91. The predicted molar refractivity (Wildman–Crippen MR) is 151 cm³/mol. The molecule has 1 heterocycles. The van der Waals surface area contributed by atoms with Crippen molar-refractivity contribution >= 4 is 24.2 Å². The van der Waals surface area contributed by atoms with E-state index in [-0.39, 0.29) is 17.2 Å². The number of pyridine rings is 1. The lowest BCUT2D eigenvalue weighted by Gasteiger charge is -2.16. The lowest BCUT2D eigenvalue weighted by atomic mass is 9.96. The van der Waals surface area contributed by atoms with Gasteiger partial charge in [-0.25, -0.2) is 0 Å². The molecule has 0 aliphatic rings. The molecule has 0 saturated carbocycles. The number of halogens is 6. The second-order valence-corrected chi connectivity index (χ2v) is 15.9. The first-order valence-electron chi connectivity index (χ1n) is 12.6. The van der Waals surface area contributed by atoms with Crippen molar-refractivity contribution in [3.05, 3.63) is 108 Å². The van der Waals surface area contributed by atoms with Crippen LogP contribution in [0.25, 0.3) is 44.3 Å². The average Bonchev–Trinajstić information content (AvgIpc) is 2.91. The Kier molecular flexibility index (Phi) is 6.86. The van der Waals surface area contributed by atoms with Crippen LogP contribution in [0.4, 0.5) is 26.3 Å². The highest BCUT2D eigenvalue weighted by Crippen LogP contribution is 2.39. The highest BCUT2D eigenvalue weighted by molar-refractivity contribution is 6.88. The van der Waals surface area contributed by atoms with Crippen molar-refractivity contribution in [3.8, 4) is 33.4 Å². The van der Waals surface area contributed by atoms with Gasteiger partial charge in [0.05, 0.1) is 24.7 Å². The number of hydrogen-bond acceptors (Lipinski definition) is 1. The molecule has 5 rings (SSSR count). The van der Waals surface area contributed by atoms with E-state index in [9.17, 15) is 26.3 Å². The van der Waals surface area contributed by atoms with E-state index in [1.54, 1.807) is 18.3 Å². The first-order chi connectivity index (χ1) is 18.7. The van der Waals surface area contributed by atoms with Crippen molar-refractivity contribution in [1.29, 1.82) is 0 Å². The fraction of sp³-hybridized carbons (Fsp3) is 0.156. The molecule has 1 nitrogen and oxygen atoms in total. The van der Waals surface area contributed by atoms with E-state index in [0.29, 0.717) is 0 Å². The number of aromatic nitrogens is 1. The zero-order chi connectivity index (χ0) is 28.9. The third-order valence-corrected chi connectivity index (χ3v) is 8.97. The lowest BCUT2D eigenvalue weighted by Crippen LogP contribution is -2.37. The van der Waals surface area contributed by atoms with Gasteiger partial charge in [0.2, 0.25) is 0 Å². The van der Waals surface area contributed by atoms with E-state index in [1.807, 2.05) is 24.3 Å². The fourth-order valence-electron chi connectivity index (χ4n) is 4.60. The molecule has 1 aromatic heterocycles. The minimum atomic E-state index is -4.90. The van der Waals surface area contributed by atoms with Crippen molar-refractivity contribution in [3.63, 3.8) is 0 Å². The first kappa shape index (κ1) is 27.6. The summed E-state index contributed by atoms with van der Waals surface area (Å²) in [7, 11) is -1.39. The topological polar surface area (TPSA) is 12.9 Å². The molecule has 0 saturated heterocycles. The summed E-state index contributed by atoms with van der Waals surface area (Å²) in [5.74, 6) is 0. The van der Waals surface area contributed by atoms with Crippen LogP contribution in [0.3, 0.4) is 0 Å². The SMILES string of the molecule is C[Si](C)(C)c1ccc(-c2ccc3cc(-c4ccc(-c5cc(C(F)(F)F)cc(C(F)(F)F)c5)cc4)cnc3c2)cc1. The molecule has 0 aliphatic carbocycles. The summed E-state index contributed by atoms with van der Waals surface area (Å²) in [5.41, 5.74) is 1.91. The highest BCUT2D eigenvalue weighted by Gasteiger charge is 2.37. The van der Waals surface area contributed by atoms with Crippen LogP contribution in [-0.2, 0) is 12.4 Å². The maximum atomic E-state index is 13.3. The second kappa shape index (κ2) is 9.93. The first-order valence-corrected chi connectivity index (χ1v) is 16.1. The summed E-state index contributed by atoms with van der Waals surface area (Å²) in [6.45, 7) is 6.92. The smallest absolute Gasteiger partial charge is 0.256 e. The van der Waals surface area contributed by atoms with Crippen molar-refractivity contribution in [2.75, 3.05) is 0 Å². The molecular formula is C32H25F6NSi. The molecule has 4 aromatic carbocycles. The van der Waals surface area contributed by atoms with Crippen LogP contribution in [0.15, 0.2) is 97.2 Å². The number of fused-ring (bicyclic) bond motifs is 1. The number of benzene rings is 4. The molecule has 0 radical (unpaired) electrons. The molecule has 8 heteroatoms. The van der Waals surface area contributed by atoms with Gasteiger partial charge >= 0.3 is 12.4 Å². The van der Waals surface area contributed by atoms with Crippen LogP contribution < -0.4 is 5.19 Å². The predicted octanol–water partition coefficient (Wildman–Crippen LogP) is 9.82. The third-order valence-electron chi connectivity index (χ3n) is 6.91. The van der Waals surface area contributed by atoms with Crippen molar-refractivity contribution in [2.24, 2.45) is 0 Å². The van der Waals surface area contributed by atoms with Crippen LogP contribution in [0.5, 0.6) is 0 Å². The lowest BCUT2D eigenvalue weighted by molar-refractivity contribution is -0.143. The largest absolute Gasteiger partial charge is 0.416 e. The van der Waals surface area contributed by atoms with E-state index in [2.05, 4.69) is 48.9 Å². The van der Waals surface area contributed by atoms with E-state index in [0.717, 1.165) is 45.3 Å². The summed E-state index contributed by atoms with van der Waals surface area (Å²) in [6, 6.07) is 24.6. The highest BCUT2D eigenvalue weighted by atomic mass is 28.3. The van der Waals surface area contributed by atoms with Gasteiger partial charge in [0.1, 0.15) is 0 Å². The maximum Gasteiger partial charge on any atom is 0.416 e. The van der Waals surface area contributed by atoms with Gasteiger partial charge in [-0.05, 0) is 58.1 Å². The minimum absolute atomic E-state index is 0.131. The molecule has 0 spiro atoms. The number of nitrogens with zero attached hydrogens (tertiary/aromatic N) is 1. The number of hydrogen-bond donors (Lipinski definition) is 0. The van der Waals surface area contributed by atoms with Gasteiger partial charge in [0.15, 0.2) is 0 Å². The van der Waals surface area contributed by atoms with Crippen molar-refractivity contribution < 1.29 is 26.3 Å². The van der Waals surface area contributed by atoms with E-state index < -0.39 is 31.6 Å². The molecule has 0 unspecified atom stereocenters. The Morgan fingerprint density at radius 1 is 0.500 bits per heavy atom. The summed E-state index contributed by atoms with van der Waals surface area (Å²) in [4.78, 5) is 4.62. The molecular weight excluding hydrogens is 540 g/mol. The van der Waals surface area contributed by atoms with Crippen LogP contribution >= 0.6 is 0 Å². The maximum absolute atomic E-state index is 13.3. The van der Waals surface area contributed by atoms with Gasteiger partial charge < -0.3 is 0 Å². The van der Waals surface area contributed by atoms with Crippen molar-refractivity contribution in [1.82, 2.24) is 4.98 Å². The Labute approximate surface area is 229 Å². The molecule has 40 heavy (non-hydrogen) atoms. The number of alkyl halides is 6. The molecule has 0 bridgehead atoms. The average molecular weight is 566 g/mol. The van der Waals surface area contributed by atoms with E-state index in [4.69, 9.17) is 0 Å². The Bertz CT molecular complexity index is 1650. The Balaban J connectivity index is 1.43. The third kappa shape index (κ3) is 5.82. The Morgan fingerprint density at radius 2 is 0.975 bits per heavy atom. The molecule has 0 fully saturated rings. The quantitative estimate of drug-likeness (QED) is 0.156. The summed E-state index contributed by atoms with van der Waals surface area (Å²) >= 11 is 0. The van der Waals surface area contributed by atoms with Crippen LogP contribution in [0, 0.1) is 0 Å². The van der Waals surface area contributed by atoms with Gasteiger partial charge in [0, 0.05) is 17.1 Å². The van der Waals surface area contributed by atoms with Gasteiger partial charge in [-0.3, -0.25) is 4.98 Å². The van der Waals surface area contributed by atoms with Gasteiger partial charge in [-0.1, -0.05) is 85.5 Å². The normalized spacial score (nSPS) is 12.6. The minimum Gasteiger partial charge on any atom is -0.256 e. The van der Waals surface area contributed by atoms with Crippen LogP contribution in [-0.4, -0.2) is 13.1 Å². The fourth-order valence-corrected chi connectivity index (χ4v) is 5.76. The van der Waals surface area contributed by atoms with E-state index in [1.165, 1.54) is 17.3 Å². The molecule has 0 amide bonds. The molecule has 0 N–H and O–H groups in total.